The average Bonchev–Trinajstić information content (AvgIpc) is 2.83. The Morgan fingerprint density at radius 2 is 1.94 bits per heavy atom. The molecule has 1 aromatic heterocycles. The third-order valence-electron chi connectivity index (χ3n) is 3.35. The molecule has 1 saturated carbocycles. The van der Waals surface area contributed by atoms with Crippen molar-refractivity contribution >= 4 is 24.0 Å². The molecular formula is C12H18ClN3O. The first-order valence-corrected chi connectivity index (χ1v) is 5.83. The summed E-state index contributed by atoms with van der Waals surface area (Å²) in [5.74, 6) is 0.717. The minimum absolute atomic E-state index is 0. The second-order valence-electron chi connectivity index (χ2n) is 4.45. The van der Waals surface area contributed by atoms with E-state index in [0.29, 0.717) is 11.6 Å². The molecule has 1 N–H and O–H groups in total. The topological polar surface area (TPSA) is 54.9 Å². The number of nitrogens with one attached hydrogen (secondary N) is 1. The van der Waals surface area contributed by atoms with Gasteiger partial charge in [-0.05, 0) is 18.8 Å². The van der Waals surface area contributed by atoms with Gasteiger partial charge in [-0.3, -0.25) is 4.79 Å². The van der Waals surface area contributed by atoms with E-state index in [1.54, 1.807) is 12.4 Å². The molecule has 2 rings (SSSR count). The fraction of sp³-hybridized carbons (Fsp3) is 0.583. The van der Waals surface area contributed by atoms with Crippen molar-refractivity contribution in [2.75, 3.05) is 5.32 Å². The molecule has 0 radical (unpaired) electrons. The molecule has 0 aliphatic heterocycles. The highest BCUT2D eigenvalue weighted by molar-refractivity contribution is 5.92. The Morgan fingerprint density at radius 1 is 1.35 bits per heavy atom. The number of carbonyl (C=O) groups is 1. The van der Waals surface area contributed by atoms with Gasteiger partial charge in [-0.2, -0.15) is 0 Å². The van der Waals surface area contributed by atoms with Crippen molar-refractivity contribution in [2.45, 2.75) is 32.6 Å². The van der Waals surface area contributed by atoms with Crippen molar-refractivity contribution in [1.82, 2.24) is 9.97 Å². The predicted molar refractivity (Wildman–Crippen MR) is 69.0 cm³/mol. The van der Waals surface area contributed by atoms with E-state index in [0.717, 1.165) is 0 Å². The first-order valence-electron chi connectivity index (χ1n) is 5.83. The maximum Gasteiger partial charge on any atom is 0.227 e. The number of anilines is 1. The molecule has 1 unspecified atom stereocenters. The lowest BCUT2D eigenvalue weighted by Gasteiger charge is -2.17. The molecule has 1 heterocycles. The Morgan fingerprint density at radius 3 is 2.53 bits per heavy atom. The van der Waals surface area contributed by atoms with Crippen LogP contribution in [-0.2, 0) is 4.79 Å². The number of hydrogen-bond donors (Lipinski definition) is 1. The molecule has 0 spiro atoms. The fourth-order valence-corrected chi connectivity index (χ4v) is 2.29. The van der Waals surface area contributed by atoms with E-state index in [2.05, 4.69) is 15.3 Å². The van der Waals surface area contributed by atoms with Crippen LogP contribution in [0.1, 0.15) is 32.6 Å². The Bertz CT molecular complexity index is 352. The minimum Gasteiger partial charge on any atom is -0.323 e. The van der Waals surface area contributed by atoms with Crippen LogP contribution in [0.25, 0.3) is 0 Å². The molecule has 1 amide bonds. The van der Waals surface area contributed by atoms with Crippen LogP contribution in [0.2, 0.25) is 0 Å². The van der Waals surface area contributed by atoms with Crippen molar-refractivity contribution in [3.63, 3.8) is 0 Å². The van der Waals surface area contributed by atoms with Crippen molar-refractivity contribution in [3.8, 4) is 0 Å². The van der Waals surface area contributed by atoms with E-state index in [1.165, 1.54) is 32.0 Å². The molecule has 17 heavy (non-hydrogen) atoms. The zero-order valence-electron chi connectivity index (χ0n) is 9.93. The number of hydrogen-bond acceptors (Lipinski definition) is 3. The Hall–Kier alpha value is -1.16. The van der Waals surface area contributed by atoms with Gasteiger partial charge in [0.15, 0.2) is 0 Å². The van der Waals surface area contributed by atoms with Crippen LogP contribution in [0.3, 0.4) is 0 Å². The summed E-state index contributed by atoms with van der Waals surface area (Å²) in [5, 5.41) is 2.85. The van der Waals surface area contributed by atoms with Crippen molar-refractivity contribution in [2.24, 2.45) is 11.8 Å². The van der Waals surface area contributed by atoms with Gasteiger partial charge in [0.1, 0.15) is 6.33 Å². The van der Waals surface area contributed by atoms with E-state index in [1.807, 2.05) is 6.92 Å². The molecule has 1 aromatic rings. The lowest BCUT2D eigenvalue weighted by molar-refractivity contribution is -0.120. The second-order valence-corrected chi connectivity index (χ2v) is 4.45. The van der Waals surface area contributed by atoms with E-state index < -0.39 is 0 Å². The quantitative estimate of drug-likeness (QED) is 0.904. The summed E-state index contributed by atoms with van der Waals surface area (Å²) in [6, 6.07) is 0. The highest BCUT2D eigenvalue weighted by Crippen LogP contribution is 2.31. The smallest absolute Gasteiger partial charge is 0.227 e. The van der Waals surface area contributed by atoms with Gasteiger partial charge in [0.25, 0.3) is 0 Å². The first kappa shape index (κ1) is 13.9. The second kappa shape index (κ2) is 6.55. The Kier molecular flexibility index (Phi) is 5.35. The SMILES string of the molecule is CC(C(=O)Nc1cncnc1)C1CCCC1.Cl. The molecule has 0 aromatic carbocycles. The zero-order valence-corrected chi connectivity index (χ0v) is 10.7. The summed E-state index contributed by atoms with van der Waals surface area (Å²) in [6.07, 6.45) is 9.57. The lowest BCUT2D eigenvalue weighted by atomic mass is 9.92. The lowest BCUT2D eigenvalue weighted by Crippen LogP contribution is -2.25. The largest absolute Gasteiger partial charge is 0.323 e. The maximum atomic E-state index is 11.9. The van der Waals surface area contributed by atoms with Gasteiger partial charge in [-0.25, -0.2) is 9.97 Å². The van der Waals surface area contributed by atoms with Crippen LogP contribution >= 0.6 is 12.4 Å². The predicted octanol–water partition coefficient (Wildman–Crippen LogP) is 2.66. The van der Waals surface area contributed by atoms with Gasteiger partial charge < -0.3 is 5.32 Å². The average molecular weight is 256 g/mol. The standard InChI is InChI=1S/C12H17N3O.ClH/c1-9(10-4-2-3-5-10)12(16)15-11-6-13-8-14-7-11;/h6-10H,2-5H2,1H3,(H,15,16);1H. The summed E-state index contributed by atoms with van der Waals surface area (Å²) in [6.45, 7) is 2.01. The molecule has 1 aliphatic rings. The molecule has 94 valence electrons. The van der Waals surface area contributed by atoms with Crippen molar-refractivity contribution < 1.29 is 4.79 Å². The molecule has 5 heteroatoms. The van der Waals surface area contributed by atoms with Gasteiger partial charge in [0, 0.05) is 5.92 Å². The number of amides is 1. The molecule has 1 fully saturated rings. The Balaban J connectivity index is 0.00000144. The highest BCUT2D eigenvalue weighted by Gasteiger charge is 2.26. The van der Waals surface area contributed by atoms with Crippen molar-refractivity contribution in [1.29, 1.82) is 0 Å². The molecule has 1 aliphatic carbocycles. The van der Waals surface area contributed by atoms with E-state index in [4.69, 9.17) is 0 Å². The van der Waals surface area contributed by atoms with Gasteiger partial charge in [0.05, 0.1) is 18.1 Å². The number of aromatic nitrogens is 2. The monoisotopic (exact) mass is 255 g/mol. The number of carbonyl (C=O) groups excluding carboxylic acids is 1. The Labute approximate surface area is 108 Å². The third-order valence-corrected chi connectivity index (χ3v) is 3.35. The molecule has 0 bridgehead atoms. The summed E-state index contributed by atoms with van der Waals surface area (Å²) in [4.78, 5) is 19.7. The van der Waals surface area contributed by atoms with Gasteiger partial charge >= 0.3 is 0 Å². The molecular weight excluding hydrogens is 238 g/mol. The van der Waals surface area contributed by atoms with Gasteiger partial charge in [-0.1, -0.05) is 19.8 Å². The summed E-state index contributed by atoms with van der Waals surface area (Å²) in [5.41, 5.74) is 0.678. The molecule has 1 atom stereocenters. The third kappa shape index (κ3) is 3.66. The maximum absolute atomic E-state index is 11.9. The number of rotatable bonds is 3. The summed E-state index contributed by atoms with van der Waals surface area (Å²) in [7, 11) is 0. The van der Waals surface area contributed by atoms with Crippen LogP contribution in [0.4, 0.5) is 5.69 Å². The van der Waals surface area contributed by atoms with Crippen LogP contribution in [0.15, 0.2) is 18.7 Å². The van der Waals surface area contributed by atoms with E-state index in [9.17, 15) is 4.79 Å². The van der Waals surface area contributed by atoms with Crippen molar-refractivity contribution in [3.05, 3.63) is 18.7 Å². The number of halogens is 1. The minimum atomic E-state index is 0. The van der Waals surface area contributed by atoms with Crippen LogP contribution in [0, 0.1) is 11.8 Å². The molecule has 0 saturated heterocycles. The van der Waals surface area contributed by atoms with Gasteiger partial charge in [0.2, 0.25) is 5.91 Å². The zero-order chi connectivity index (χ0) is 11.4. The summed E-state index contributed by atoms with van der Waals surface area (Å²) >= 11 is 0. The number of nitrogens with zero attached hydrogens (tertiary/aromatic N) is 2. The van der Waals surface area contributed by atoms with Crippen LogP contribution < -0.4 is 5.32 Å². The van der Waals surface area contributed by atoms with E-state index >= 15 is 0 Å². The van der Waals surface area contributed by atoms with E-state index in [-0.39, 0.29) is 24.2 Å². The first-order chi connectivity index (χ1) is 7.77. The fourth-order valence-electron chi connectivity index (χ4n) is 2.29. The van der Waals surface area contributed by atoms with Gasteiger partial charge in [-0.15, -0.1) is 12.4 Å². The van der Waals surface area contributed by atoms with Crippen LogP contribution in [-0.4, -0.2) is 15.9 Å². The highest BCUT2D eigenvalue weighted by atomic mass is 35.5. The summed E-state index contributed by atoms with van der Waals surface area (Å²) < 4.78 is 0. The normalized spacial score (nSPS) is 17.2. The molecule has 4 nitrogen and oxygen atoms in total. The van der Waals surface area contributed by atoms with Crippen LogP contribution in [0.5, 0.6) is 0 Å².